The summed E-state index contributed by atoms with van der Waals surface area (Å²) in [4.78, 5) is 35.0. The van der Waals surface area contributed by atoms with Crippen LogP contribution in [0.25, 0.3) is 0 Å². The summed E-state index contributed by atoms with van der Waals surface area (Å²) < 4.78 is 1.81. The van der Waals surface area contributed by atoms with Crippen molar-refractivity contribution in [2.45, 2.75) is 58.0 Å². The Morgan fingerprint density at radius 2 is 2.00 bits per heavy atom. The number of rotatable bonds is 3. The summed E-state index contributed by atoms with van der Waals surface area (Å²) in [7, 11) is 0. The highest BCUT2D eigenvalue weighted by atomic mass is 35.5. The summed E-state index contributed by atoms with van der Waals surface area (Å²) in [6.45, 7) is 4.78. The van der Waals surface area contributed by atoms with Crippen LogP contribution in [0.3, 0.4) is 0 Å². The predicted octanol–water partition coefficient (Wildman–Crippen LogP) is 2.31. The van der Waals surface area contributed by atoms with E-state index in [-0.39, 0.29) is 48.4 Å². The number of hydrogen-bond acceptors (Lipinski definition) is 5. The van der Waals surface area contributed by atoms with Crippen LogP contribution in [0.1, 0.15) is 64.0 Å². The van der Waals surface area contributed by atoms with E-state index >= 15 is 0 Å². The summed E-state index contributed by atoms with van der Waals surface area (Å²) in [5.74, 6) is 1.09. The molecule has 9 heteroatoms. The molecule has 0 unspecified atom stereocenters. The normalized spacial score (nSPS) is 21.1. The quantitative estimate of drug-likeness (QED) is 0.725. The fourth-order valence-corrected chi connectivity index (χ4v) is 5.14. The molecule has 3 aliphatic rings. The van der Waals surface area contributed by atoms with Crippen molar-refractivity contribution in [2.75, 3.05) is 13.1 Å². The van der Waals surface area contributed by atoms with Gasteiger partial charge in [0.25, 0.3) is 11.5 Å². The molecule has 1 aliphatic carbocycles. The van der Waals surface area contributed by atoms with Gasteiger partial charge < -0.3 is 15.2 Å². The second-order valence-corrected chi connectivity index (χ2v) is 8.58. The van der Waals surface area contributed by atoms with Gasteiger partial charge in [0.05, 0.1) is 6.54 Å². The first-order valence-corrected chi connectivity index (χ1v) is 10.7. The monoisotopic (exact) mass is 465 g/mol. The molecule has 0 spiro atoms. The van der Waals surface area contributed by atoms with Crippen LogP contribution in [-0.2, 0) is 25.9 Å². The van der Waals surface area contributed by atoms with Crippen LogP contribution in [0, 0.1) is 12.8 Å². The lowest BCUT2D eigenvalue weighted by Crippen LogP contribution is -2.46. The Morgan fingerprint density at radius 3 is 2.84 bits per heavy atom. The minimum atomic E-state index is -0.349. The molecule has 1 fully saturated rings. The van der Waals surface area contributed by atoms with E-state index in [1.54, 1.807) is 6.07 Å². The predicted molar refractivity (Wildman–Crippen MR) is 123 cm³/mol. The van der Waals surface area contributed by atoms with Crippen molar-refractivity contribution < 1.29 is 4.79 Å². The molecule has 2 aromatic rings. The zero-order valence-electron chi connectivity index (χ0n) is 17.6. The first kappa shape index (κ1) is 23.7. The third kappa shape index (κ3) is 4.49. The molecule has 2 N–H and O–H groups in total. The summed E-state index contributed by atoms with van der Waals surface area (Å²) in [5.41, 5.74) is 4.45. The van der Waals surface area contributed by atoms with Crippen LogP contribution in [0.2, 0.25) is 0 Å². The van der Waals surface area contributed by atoms with Crippen molar-refractivity contribution in [3.05, 3.63) is 56.5 Å². The van der Waals surface area contributed by atoms with Gasteiger partial charge >= 0.3 is 0 Å². The van der Waals surface area contributed by atoms with E-state index in [9.17, 15) is 9.59 Å². The van der Waals surface area contributed by atoms with Gasteiger partial charge in [-0.15, -0.1) is 24.8 Å². The average molecular weight is 466 g/mol. The summed E-state index contributed by atoms with van der Waals surface area (Å²) in [6.07, 6.45) is 5.47. The summed E-state index contributed by atoms with van der Waals surface area (Å²) in [5, 5.41) is 6.30. The van der Waals surface area contributed by atoms with Crippen molar-refractivity contribution in [2.24, 2.45) is 5.92 Å². The molecular weight excluding hydrogens is 437 g/mol. The number of aromatic nitrogens is 3. The number of amides is 1. The molecule has 1 saturated heterocycles. The molecule has 4 heterocycles. The first-order valence-electron chi connectivity index (χ1n) is 10.7. The van der Waals surface area contributed by atoms with Crippen LogP contribution in [0.15, 0.2) is 16.9 Å². The number of halogens is 2. The summed E-state index contributed by atoms with van der Waals surface area (Å²) >= 11 is 0. The van der Waals surface area contributed by atoms with E-state index in [1.807, 2.05) is 17.6 Å². The Hall–Kier alpha value is -1.96. The van der Waals surface area contributed by atoms with Gasteiger partial charge in [0.1, 0.15) is 11.4 Å². The standard InChI is InChI=1S/C22H27N5O2.2ClH/c1-13-16-4-2-3-5-18(16)26-20(25-13)11-24-21(28)17-6-7-19-15-8-14(9-23-10-15)12-27(19)22(17)29;;/h6-7,14-15,23H,2-5,8-12H2,1H3,(H,24,28);2*1H/t14-,15+;;/m0../s1. The lowest BCUT2D eigenvalue weighted by Gasteiger charge is -2.37. The van der Waals surface area contributed by atoms with Gasteiger partial charge in [-0.05, 0) is 69.2 Å². The van der Waals surface area contributed by atoms with Crippen molar-refractivity contribution in [1.29, 1.82) is 0 Å². The number of nitrogens with zero attached hydrogens (tertiary/aromatic N) is 3. The van der Waals surface area contributed by atoms with E-state index in [4.69, 9.17) is 0 Å². The van der Waals surface area contributed by atoms with E-state index in [0.717, 1.165) is 55.9 Å². The number of piperidine rings is 1. The van der Waals surface area contributed by atoms with E-state index in [1.165, 1.54) is 12.0 Å². The van der Waals surface area contributed by atoms with Crippen molar-refractivity contribution in [1.82, 2.24) is 25.2 Å². The van der Waals surface area contributed by atoms with Gasteiger partial charge in [-0.25, -0.2) is 9.97 Å². The van der Waals surface area contributed by atoms with Crippen LogP contribution in [0.4, 0.5) is 0 Å². The molecule has 0 aromatic carbocycles. The van der Waals surface area contributed by atoms with Gasteiger partial charge in [0.2, 0.25) is 0 Å². The lowest BCUT2D eigenvalue weighted by molar-refractivity contribution is 0.0947. The SMILES string of the molecule is Cc1nc(CNC(=O)c2ccc3n(c2=O)C[C@@H]2CNC[C@H]3C2)nc2c1CCCC2.Cl.Cl. The van der Waals surface area contributed by atoms with Gasteiger partial charge in [-0.1, -0.05) is 0 Å². The van der Waals surface area contributed by atoms with E-state index < -0.39 is 0 Å². The van der Waals surface area contributed by atoms with Crippen LogP contribution < -0.4 is 16.2 Å². The van der Waals surface area contributed by atoms with E-state index in [0.29, 0.717) is 24.2 Å². The smallest absolute Gasteiger partial charge is 0.263 e. The number of carbonyl (C=O) groups excluding carboxylic acids is 1. The van der Waals surface area contributed by atoms with E-state index in [2.05, 4.69) is 20.6 Å². The minimum absolute atomic E-state index is 0. The highest BCUT2D eigenvalue weighted by Crippen LogP contribution is 2.31. The van der Waals surface area contributed by atoms with Crippen molar-refractivity contribution >= 4 is 30.7 Å². The molecule has 31 heavy (non-hydrogen) atoms. The Balaban J connectivity index is 0.00000136. The first-order chi connectivity index (χ1) is 14.1. The lowest BCUT2D eigenvalue weighted by atomic mass is 9.84. The number of pyridine rings is 1. The van der Waals surface area contributed by atoms with Gasteiger partial charge in [-0.2, -0.15) is 0 Å². The number of nitrogens with one attached hydrogen (secondary N) is 2. The van der Waals surface area contributed by atoms with Crippen LogP contribution >= 0.6 is 24.8 Å². The van der Waals surface area contributed by atoms with Crippen molar-refractivity contribution in [3.8, 4) is 0 Å². The topological polar surface area (TPSA) is 88.9 Å². The molecule has 7 nitrogen and oxygen atoms in total. The fraction of sp³-hybridized carbons (Fsp3) is 0.545. The Labute approximate surface area is 194 Å². The molecule has 2 bridgehead atoms. The third-order valence-corrected chi connectivity index (χ3v) is 6.60. The molecular formula is C22H29Cl2N5O2. The van der Waals surface area contributed by atoms with Gasteiger partial charge in [0, 0.05) is 36.1 Å². The molecule has 0 saturated carbocycles. The molecule has 5 rings (SSSR count). The maximum atomic E-state index is 13.0. The molecule has 0 radical (unpaired) electrons. The molecule has 2 aliphatic heterocycles. The number of hydrogen-bond donors (Lipinski definition) is 2. The zero-order chi connectivity index (χ0) is 20.0. The fourth-order valence-electron chi connectivity index (χ4n) is 5.14. The largest absolute Gasteiger partial charge is 0.345 e. The van der Waals surface area contributed by atoms with Gasteiger partial charge in [-0.3, -0.25) is 9.59 Å². The average Bonchev–Trinajstić information content (AvgIpc) is 2.73. The minimum Gasteiger partial charge on any atom is -0.345 e. The van der Waals surface area contributed by atoms with Crippen LogP contribution in [-0.4, -0.2) is 33.5 Å². The molecule has 168 valence electrons. The summed E-state index contributed by atoms with van der Waals surface area (Å²) in [6, 6.07) is 3.63. The maximum Gasteiger partial charge on any atom is 0.263 e. The third-order valence-electron chi connectivity index (χ3n) is 6.60. The molecule has 1 amide bonds. The zero-order valence-corrected chi connectivity index (χ0v) is 19.3. The van der Waals surface area contributed by atoms with Crippen LogP contribution in [0.5, 0.6) is 0 Å². The second kappa shape index (κ2) is 9.67. The number of fused-ring (bicyclic) bond motifs is 5. The number of aryl methyl sites for hydroxylation is 2. The molecule has 2 atom stereocenters. The number of carbonyl (C=O) groups is 1. The Kier molecular flexibility index (Phi) is 7.39. The Morgan fingerprint density at radius 1 is 1.19 bits per heavy atom. The van der Waals surface area contributed by atoms with Crippen molar-refractivity contribution in [3.63, 3.8) is 0 Å². The van der Waals surface area contributed by atoms with Gasteiger partial charge in [0.15, 0.2) is 0 Å². The maximum absolute atomic E-state index is 13.0. The highest BCUT2D eigenvalue weighted by molar-refractivity contribution is 5.93. The Bertz CT molecular complexity index is 1040. The second-order valence-electron chi connectivity index (χ2n) is 8.58. The molecule has 2 aromatic heterocycles. The highest BCUT2D eigenvalue weighted by Gasteiger charge is 2.31.